The lowest BCUT2D eigenvalue weighted by molar-refractivity contribution is -0.113. The van der Waals surface area contributed by atoms with E-state index in [1.165, 1.54) is 34.0 Å². The van der Waals surface area contributed by atoms with Crippen molar-refractivity contribution in [2.24, 2.45) is 0 Å². The molecule has 0 spiro atoms. The minimum Gasteiger partial charge on any atom is -0.327 e. The van der Waals surface area contributed by atoms with E-state index < -0.39 is 0 Å². The Balaban J connectivity index is 1.92. The van der Waals surface area contributed by atoms with Gasteiger partial charge in [0, 0.05) is 9.75 Å². The number of halogens is 1. The number of thiophene rings is 1. The molecule has 0 bridgehead atoms. The van der Waals surface area contributed by atoms with E-state index in [9.17, 15) is 9.18 Å². The fourth-order valence-corrected chi connectivity index (χ4v) is 3.15. The fraction of sp³-hybridized carbons (Fsp3) is 0.0667. The van der Waals surface area contributed by atoms with Crippen molar-refractivity contribution in [2.45, 2.75) is 6.92 Å². The highest BCUT2D eigenvalue weighted by atomic mass is 32.1. The van der Waals surface area contributed by atoms with Crippen LogP contribution in [-0.4, -0.2) is 11.0 Å². The van der Waals surface area contributed by atoms with E-state index in [0.29, 0.717) is 16.5 Å². The van der Waals surface area contributed by atoms with Crippen molar-refractivity contribution >= 4 is 46.3 Å². The monoisotopic (exact) mass is 318 g/mol. The molecule has 3 nitrogen and oxygen atoms in total. The largest absolute Gasteiger partial charge is 0.327 e. The zero-order chi connectivity index (χ0) is 15.0. The van der Waals surface area contributed by atoms with Crippen LogP contribution in [0.5, 0.6) is 0 Å². The van der Waals surface area contributed by atoms with Crippen LogP contribution in [0.2, 0.25) is 0 Å². The van der Waals surface area contributed by atoms with Crippen LogP contribution >= 0.6 is 23.6 Å². The van der Waals surface area contributed by atoms with Crippen molar-refractivity contribution in [2.75, 3.05) is 4.90 Å². The van der Waals surface area contributed by atoms with Gasteiger partial charge < -0.3 is 5.32 Å². The number of rotatable bonds is 2. The smallest absolute Gasteiger partial charge is 0.281 e. The third-order valence-corrected chi connectivity index (χ3v) is 4.24. The van der Waals surface area contributed by atoms with Crippen LogP contribution in [0.4, 0.5) is 10.1 Å². The van der Waals surface area contributed by atoms with Gasteiger partial charge in [-0.2, -0.15) is 0 Å². The standard InChI is InChI=1S/C15H11FN2OS2/c1-9-2-7-12(21-9)8-13-14(19)18(15(20)17-13)11-5-3-10(16)4-6-11/h2-8H,1H3,(H,17,20)/b13-8+. The van der Waals surface area contributed by atoms with Crippen LogP contribution < -0.4 is 10.2 Å². The minimum atomic E-state index is -0.353. The number of aryl methyl sites for hydroxylation is 1. The van der Waals surface area contributed by atoms with Gasteiger partial charge in [-0.05, 0) is 61.6 Å². The first-order valence-corrected chi connectivity index (χ1v) is 7.46. The predicted octanol–water partition coefficient (Wildman–Crippen LogP) is 3.46. The van der Waals surface area contributed by atoms with Crippen LogP contribution in [0.15, 0.2) is 42.1 Å². The molecule has 1 aliphatic heterocycles. The highest BCUT2D eigenvalue weighted by molar-refractivity contribution is 7.80. The summed E-state index contributed by atoms with van der Waals surface area (Å²) in [6.45, 7) is 2.01. The molecule has 1 aromatic carbocycles. The van der Waals surface area contributed by atoms with Crippen LogP contribution in [0.3, 0.4) is 0 Å². The molecule has 2 aromatic rings. The maximum Gasteiger partial charge on any atom is 0.281 e. The number of hydrogen-bond donors (Lipinski definition) is 1. The van der Waals surface area contributed by atoms with Crippen molar-refractivity contribution < 1.29 is 9.18 Å². The first kappa shape index (κ1) is 13.9. The lowest BCUT2D eigenvalue weighted by Gasteiger charge is -2.13. The molecule has 1 saturated heterocycles. The van der Waals surface area contributed by atoms with Crippen molar-refractivity contribution in [3.05, 3.63) is 57.7 Å². The zero-order valence-corrected chi connectivity index (χ0v) is 12.7. The number of amides is 1. The van der Waals surface area contributed by atoms with Gasteiger partial charge in [0.05, 0.1) is 5.69 Å². The molecule has 1 aromatic heterocycles. The molecule has 6 heteroatoms. The summed E-state index contributed by atoms with van der Waals surface area (Å²) in [5, 5.41) is 3.20. The Morgan fingerprint density at radius 3 is 2.57 bits per heavy atom. The summed E-state index contributed by atoms with van der Waals surface area (Å²) in [5.41, 5.74) is 0.968. The second-order valence-electron chi connectivity index (χ2n) is 4.55. The molecule has 0 radical (unpaired) electrons. The van der Waals surface area contributed by atoms with Gasteiger partial charge in [-0.15, -0.1) is 11.3 Å². The molecular weight excluding hydrogens is 307 g/mol. The van der Waals surface area contributed by atoms with Gasteiger partial charge in [-0.1, -0.05) is 0 Å². The third kappa shape index (κ3) is 2.72. The number of nitrogens with one attached hydrogen (secondary N) is 1. The molecule has 1 aliphatic rings. The SMILES string of the molecule is Cc1ccc(/C=C2/NC(=S)N(c3ccc(F)cc3)C2=O)s1. The summed E-state index contributed by atoms with van der Waals surface area (Å²) in [6.07, 6.45) is 1.77. The van der Waals surface area contributed by atoms with Gasteiger partial charge in [-0.25, -0.2) is 4.39 Å². The van der Waals surface area contributed by atoms with Crippen molar-refractivity contribution in [1.29, 1.82) is 0 Å². The molecular formula is C15H11FN2OS2. The normalized spacial score (nSPS) is 16.7. The van der Waals surface area contributed by atoms with Crippen LogP contribution in [0, 0.1) is 12.7 Å². The number of benzene rings is 1. The van der Waals surface area contributed by atoms with Gasteiger partial charge in [0.2, 0.25) is 0 Å². The summed E-state index contributed by atoms with van der Waals surface area (Å²) in [6, 6.07) is 9.60. The van der Waals surface area contributed by atoms with E-state index >= 15 is 0 Å². The summed E-state index contributed by atoms with van der Waals surface area (Å²) in [5.74, 6) is -0.591. The molecule has 0 atom stereocenters. The van der Waals surface area contributed by atoms with Gasteiger partial charge >= 0.3 is 0 Å². The molecule has 1 N–H and O–H groups in total. The van der Waals surface area contributed by atoms with Gasteiger partial charge in [-0.3, -0.25) is 9.69 Å². The highest BCUT2D eigenvalue weighted by Crippen LogP contribution is 2.24. The lowest BCUT2D eigenvalue weighted by atomic mass is 10.2. The second kappa shape index (κ2) is 5.38. The second-order valence-corrected chi connectivity index (χ2v) is 6.26. The van der Waals surface area contributed by atoms with Gasteiger partial charge in [0.15, 0.2) is 5.11 Å². The number of thiocarbonyl (C=S) groups is 1. The average Bonchev–Trinajstić information content (AvgIpc) is 2.96. The summed E-state index contributed by atoms with van der Waals surface area (Å²) in [4.78, 5) is 15.9. The number of anilines is 1. The quantitative estimate of drug-likeness (QED) is 0.680. The zero-order valence-electron chi connectivity index (χ0n) is 11.1. The van der Waals surface area contributed by atoms with E-state index in [4.69, 9.17) is 12.2 Å². The molecule has 0 unspecified atom stereocenters. The molecule has 3 rings (SSSR count). The van der Waals surface area contributed by atoms with E-state index in [1.807, 2.05) is 19.1 Å². The Labute approximate surface area is 130 Å². The molecule has 21 heavy (non-hydrogen) atoms. The van der Waals surface area contributed by atoms with Crippen molar-refractivity contribution in [3.63, 3.8) is 0 Å². The Hall–Kier alpha value is -2.05. The summed E-state index contributed by atoms with van der Waals surface area (Å²) in [7, 11) is 0. The first-order chi connectivity index (χ1) is 10.0. The molecule has 0 aliphatic carbocycles. The first-order valence-electron chi connectivity index (χ1n) is 6.24. The predicted molar refractivity (Wildman–Crippen MR) is 86.7 cm³/mol. The van der Waals surface area contributed by atoms with E-state index in [1.54, 1.807) is 17.4 Å². The van der Waals surface area contributed by atoms with E-state index in [-0.39, 0.29) is 11.7 Å². The van der Waals surface area contributed by atoms with Gasteiger partial charge in [0.1, 0.15) is 11.5 Å². The Bertz CT molecular complexity index is 749. The molecule has 2 heterocycles. The highest BCUT2D eigenvalue weighted by Gasteiger charge is 2.31. The van der Waals surface area contributed by atoms with Crippen LogP contribution in [-0.2, 0) is 4.79 Å². The maximum absolute atomic E-state index is 13.0. The Morgan fingerprint density at radius 1 is 1.24 bits per heavy atom. The topological polar surface area (TPSA) is 32.3 Å². The van der Waals surface area contributed by atoms with Crippen molar-refractivity contribution in [1.82, 2.24) is 5.32 Å². The van der Waals surface area contributed by atoms with Crippen LogP contribution in [0.25, 0.3) is 6.08 Å². The number of hydrogen-bond acceptors (Lipinski definition) is 3. The molecule has 106 valence electrons. The Kier molecular flexibility index (Phi) is 3.57. The summed E-state index contributed by atoms with van der Waals surface area (Å²) < 4.78 is 13.0. The third-order valence-electron chi connectivity index (χ3n) is 3.01. The molecule has 1 amide bonds. The summed E-state index contributed by atoms with van der Waals surface area (Å²) >= 11 is 6.79. The average molecular weight is 318 g/mol. The number of carbonyl (C=O) groups is 1. The maximum atomic E-state index is 13.0. The number of nitrogens with zero attached hydrogens (tertiary/aromatic N) is 1. The molecule has 1 fully saturated rings. The lowest BCUT2D eigenvalue weighted by Crippen LogP contribution is -2.30. The van der Waals surface area contributed by atoms with E-state index in [2.05, 4.69) is 5.32 Å². The van der Waals surface area contributed by atoms with Crippen molar-refractivity contribution in [3.8, 4) is 0 Å². The van der Waals surface area contributed by atoms with E-state index in [0.717, 1.165) is 4.88 Å². The minimum absolute atomic E-state index is 0.238. The molecule has 0 saturated carbocycles. The Morgan fingerprint density at radius 2 is 1.95 bits per heavy atom. The van der Waals surface area contributed by atoms with Crippen LogP contribution in [0.1, 0.15) is 9.75 Å². The van der Waals surface area contributed by atoms with Gasteiger partial charge in [0.25, 0.3) is 5.91 Å². The number of carbonyl (C=O) groups excluding carboxylic acids is 1. The fourth-order valence-electron chi connectivity index (χ4n) is 2.03.